The average Bonchev–Trinajstić information content (AvgIpc) is 2.23. The van der Waals surface area contributed by atoms with Gasteiger partial charge in [0.25, 0.3) is 0 Å². The maximum atomic E-state index is 12.8. The Morgan fingerprint density at radius 3 is 2.59 bits per heavy atom. The van der Waals surface area contributed by atoms with Gasteiger partial charge in [0.1, 0.15) is 5.82 Å². The fourth-order valence-electron chi connectivity index (χ4n) is 1.16. The highest BCUT2D eigenvalue weighted by Crippen LogP contribution is 2.25. The van der Waals surface area contributed by atoms with Crippen LogP contribution in [0.1, 0.15) is 12.8 Å². The number of thioether (sulfide) groups is 1. The van der Waals surface area contributed by atoms with Gasteiger partial charge in [-0.2, -0.15) is 13.2 Å². The van der Waals surface area contributed by atoms with Gasteiger partial charge in [0.05, 0.1) is 6.10 Å². The first-order valence-electron chi connectivity index (χ1n) is 5.00. The van der Waals surface area contributed by atoms with Gasteiger partial charge in [0, 0.05) is 17.1 Å². The summed E-state index contributed by atoms with van der Waals surface area (Å²) in [5, 5.41) is 9.33. The third-order valence-corrected chi connectivity index (χ3v) is 3.14. The van der Waals surface area contributed by atoms with E-state index in [-0.39, 0.29) is 12.2 Å². The van der Waals surface area contributed by atoms with Crippen molar-refractivity contribution in [1.82, 2.24) is 0 Å². The largest absolute Gasteiger partial charge is 0.392 e. The Kier molecular flexibility index (Phi) is 5.27. The van der Waals surface area contributed by atoms with Crippen LogP contribution in [0.3, 0.4) is 0 Å². The van der Waals surface area contributed by atoms with Crippen molar-refractivity contribution >= 4 is 11.8 Å². The van der Waals surface area contributed by atoms with Crippen LogP contribution >= 0.6 is 11.8 Å². The SMILES string of the molecule is OC(CCC(F)(F)F)CSc1cccc(F)c1. The van der Waals surface area contributed by atoms with Crippen LogP contribution in [-0.4, -0.2) is 23.1 Å². The Hall–Kier alpha value is -0.750. The number of hydrogen-bond donors (Lipinski definition) is 1. The Balaban J connectivity index is 2.31. The number of hydrogen-bond acceptors (Lipinski definition) is 2. The van der Waals surface area contributed by atoms with Crippen molar-refractivity contribution in [1.29, 1.82) is 0 Å². The predicted octanol–water partition coefficient (Wildman–Crippen LogP) is 3.62. The summed E-state index contributed by atoms with van der Waals surface area (Å²) >= 11 is 1.14. The van der Waals surface area contributed by atoms with Gasteiger partial charge in [-0.25, -0.2) is 4.39 Å². The molecule has 0 heterocycles. The van der Waals surface area contributed by atoms with E-state index >= 15 is 0 Å². The highest BCUT2D eigenvalue weighted by atomic mass is 32.2. The molecule has 0 aromatic heterocycles. The number of aliphatic hydroxyl groups excluding tert-OH is 1. The number of halogens is 4. The molecule has 0 fully saturated rings. The van der Waals surface area contributed by atoms with Crippen molar-refractivity contribution in [2.75, 3.05) is 5.75 Å². The van der Waals surface area contributed by atoms with E-state index in [0.29, 0.717) is 4.90 Å². The summed E-state index contributed by atoms with van der Waals surface area (Å²) in [7, 11) is 0. The Bertz CT molecular complexity index is 354. The molecule has 0 saturated carbocycles. The van der Waals surface area contributed by atoms with Gasteiger partial charge in [-0.1, -0.05) is 6.07 Å². The van der Waals surface area contributed by atoms with Gasteiger partial charge < -0.3 is 5.11 Å². The second-order valence-electron chi connectivity index (χ2n) is 3.58. The molecule has 1 nitrogen and oxygen atoms in total. The lowest BCUT2D eigenvalue weighted by atomic mass is 10.2. The molecule has 17 heavy (non-hydrogen) atoms. The fourth-order valence-corrected chi connectivity index (χ4v) is 2.09. The molecule has 96 valence electrons. The number of benzene rings is 1. The first kappa shape index (κ1) is 14.3. The van der Waals surface area contributed by atoms with Crippen LogP contribution in [0.2, 0.25) is 0 Å². The molecule has 1 aromatic rings. The van der Waals surface area contributed by atoms with Gasteiger partial charge >= 0.3 is 6.18 Å². The minimum Gasteiger partial charge on any atom is -0.392 e. The van der Waals surface area contributed by atoms with Crippen LogP contribution in [0.5, 0.6) is 0 Å². The van der Waals surface area contributed by atoms with Gasteiger partial charge in [0.2, 0.25) is 0 Å². The summed E-state index contributed by atoms with van der Waals surface area (Å²) in [4.78, 5) is 0.594. The minimum atomic E-state index is -4.25. The molecule has 0 radical (unpaired) electrons. The van der Waals surface area contributed by atoms with Crippen molar-refractivity contribution in [3.8, 4) is 0 Å². The standard InChI is InChI=1S/C11H12F4OS/c12-8-2-1-3-10(6-8)17-7-9(16)4-5-11(13,14)15/h1-3,6,9,16H,4-5,7H2. The molecule has 1 unspecified atom stereocenters. The van der Waals surface area contributed by atoms with E-state index in [1.807, 2.05) is 0 Å². The fraction of sp³-hybridized carbons (Fsp3) is 0.455. The molecular weight excluding hydrogens is 256 g/mol. The third-order valence-electron chi connectivity index (χ3n) is 2.00. The zero-order valence-electron chi connectivity index (χ0n) is 8.88. The molecule has 1 aromatic carbocycles. The number of aliphatic hydroxyl groups is 1. The van der Waals surface area contributed by atoms with Crippen LogP contribution in [0.25, 0.3) is 0 Å². The molecule has 0 saturated heterocycles. The predicted molar refractivity (Wildman–Crippen MR) is 58.4 cm³/mol. The number of rotatable bonds is 5. The van der Waals surface area contributed by atoms with Gasteiger partial charge in [0.15, 0.2) is 0 Å². The monoisotopic (exact) mass is 268 g/mol. The maximum Gasteiger partial charge on any atom is 0.389 e. The molecule has 0 spiro atoms. The van der Waals surface area contributed by atoms with E-state index < -0.39 is 24.5 Å². The first-order chi connectivity index (χ1) is 7.87. The van der Waals surface area contributed by atoms with E-state index in [9.17, 15) is 22.7 Å². The van der Waals surface area contributed by atoms with Crippen molar-refractivity contribution in [3.05, 3.63) is 30.1 Å². The quantitative estimate of drug-likeness (QED) is 0.650. The summed E-state index contributed by atoms with van der Waals surface area (Å²) in [6.45, 7) is 0. The lowest BCUT2D eigenvalue weighted by molar-refractivity contribution is -0.139. The minimum absolute atomic E-state index is 0.125. The van der Waals surface area contributed by atoms with Crippen LogP contribution in [0.15, 0.2) is 29.2 Å². The molecule has 0 aliphatic carbocycles. The van der Waals surface area contributed by atoms with E-state index in [1.165, 1.54) is 18.2 Å². The smallest absolute Gasteiger partial charge is 0.389 e. The third kappa shape index (κ3) is 6.53. The topological polar surface area (TPSA) is 20.2 Å². The molecule has 0 aliphatic heterocycles. The zero-order valence-corrected chi connectivity index (χ0v) is 9.69. The molecule has 1 atom stereocenters. The molecule has 0 amide bonds. The lowest BCUT2D eigenvalue weighted by Crippen LogP contribution is -2.16. The summed E-state index contributed by atoms with van der Waals surface area (Å²) in [6.07, 6.45) is -6.61. The summed E-state index contributed by atoms with van der Waals surface area (Å²) < 4.78 is 48.4. The molecule has 1 rings (SSSR count). The van der Waals surface area contributed by atoms with E-state index in [2.05, 4.69) is 0 Å². The van der Waals surface area contributed by atoms with E-state index in [4.69, 9.17) is 0 Å². The van der Waals surface area contributed by atoms with Crippen molar-refractivity contribution in [2.24, 2.45) is 0 Å². The maximum absolute atomic E-state index is 12.8. The van der Waals surface area contributed by atoms with Crippen LogP contribution in [-0.2, 0) is 0 Å². The first-order valence-corrected chi connectivity index (χ1v) is 5.98. The highest BCUT2D eigenvalue weighted by molar-refractivity contribution is 7.99. The Labute approximate surface area is 101 Å². The van der Waals surface area contributed by atoms with Gasteiger partial charge in [-0.15, -0.1) is 11.8 Å². The Morgan fingerprint density at radius 1 is 1.29 bits per heavy atom. The zero-order chi connectivity index (χ0) is 12.9. The molecule has 6 heteroatoms. The molecule has 1 N–H and O–H groups in total. The second kappa shape index (κ2) is 6.26. The van der Waals surface area contributed by atoms with E-state index in [1.54, 1.807) is 6.07 Å². The van der Waals surface area contributed by atoms with Crippen LogP contribution in [0.4, 0.5) is 17.6 Å². The normalized spacial score (nSPS) is 13.7. The van der Waals surface area contributed by atoms with Crippen LogP contribution < -0.4 is 0 Å². The lowest BCUT2D eigenvalue weighted by Gasteiger charge is -2.11. The number of alkyl halides is 3. The van der Waals surface area contributed by atoms with Crippen molar-refractivity contribution in [2.45, 2.75) is 30.0 Å². The second-order valence-corrected chi connectivity index (χ2v) is 4.67. The molecule has 0 aliphatic rings. The molecular formula is C11H12F4OS. The van der Waals surface area contributed by atoms with Crippen LogP contribution in [0, 0.1) is 5.82 Å². The van der Waals surface area contributed by atoms with Crippen molar-refractivity contribution < 1.29 is 22.7 Å². The van der Waals surface area contributed by atoms with E-state index in [0.717, 1.165) is 11.8 Å². The average molecular weight is 268 g/mol. The summed E-state index contributed by atoms with van der Waals surface area (Å²) in [5.74, 6) is -0.278. The Morgan fingerprint density at radius 2 is 2.00 bits per heavy atom. The van der Waals surface area contributed by atoms with Crippen molar-refractivity contribution in [3.63, 3.8) is 0 Å². The molecule has 0 bridgehead atoms. The summed E-state index contributed by atoms with van der Waals surface area (Å²) in [6, 6.07) is 5.72. The summed E-state index contributed by atoms with van der Waals surface area (Å²) in [5.41, 5.74) is 0. The van der Waals surface area contributed by atoms with Gasteiger partial charge in [-0.3, -0.25) is 0 Å². The van der Waals surface area contributed by atoms with Gasteiger partial charge in [-0.05, 0) is 24.6 Å². The highest BCUT2D eigenvalue weighted by Gasteiger charge is 2.27.